The van der Waals surface area contributed by atoms with Crippen molar-refractivity contribution in [1.82, 2.24) is 9.97 Å². The zero-order valence-electron chi connectivity index (χ0n) is 18.9. The van der Waals surface area contributed by atoms with Crippen LogP contribution in [0, 0.1) is 5.82 Å². The van der Waals surface area contributed by atoms with Crippen LogP contribution in [0.25, 0.3) is 11.3 Å². The fraction of sp³-hybridized carbons (Fsp3) is 0.185. The summed E-state index contributed by atoms with van der Waals surface area (Å²) in [5.74, 6) is -0.155. The number of fused-ring (bicyclic) bond motifs is 3. The number of halogens is 1. The van der Waals surface area contributed by atoms with Crippen molar-refractivity contribution in [3.05, 3.63) is 107 Å². The van der Waals surface area contributed by atoms with Crippen LogP contribution in [0.2, 0.25) is 0 Å². The lowest BCUT2D eigenvalue weighted by atomic mass is 9.78. The summed E-state index contributed by atoms with van der Waals surface area (Å²) < 4.78 is 45.5. The maximum atomic E-state index is 14.6. The van der Waals surface area contributed by atoms with Crippen LogP contribution >= 0.6 is 0 Å². The molecule has 0 radical (unpaired) electrons. The van der Waals surface area contributed by atoms with Crippen molar-refractivity contribution in [1.29, 1.82) is 0 Å². The Kier molecular flexibility index (Phi) is 6.32. The van der Waals surface area contributed by atoms with Crippen LogP contribution in [0.3, 0.4) is 0 Å². The summed E-state index contributed by atoms with van der Waals surface area (Å²) in [7, 11) is -3.97. The first-order valence-corrected chi connectivity index (χ1v) is 13.0. The Balaban J connectivity index is 1.41. The quantitative estimate of drug-likeness (QED) is 0.332. The number of hydrogen-bond donors (Lipinski definition) is 2. The minimum Gasteiger partial charge on any atom is -0.324 e. The number of nitrogens with zero attached hydrogens (tertiary/aromatic N) is 2. The third-order valence-corrected chi connectivity index (χ3v) is 7.02. The van der Waals surface area contributed by atoms with Gasteiger partial charge in [-0.3, -0.25) is 4.55 Å². The first-order valence-electron chi connectivity index (χ1n) is 11.4. The largest absolute Gasteiger partial charge is 0.324 e. The van der Waals surface area contributed by atoms with Gasteiger partial charge >= 0.3 is 0 Å². The highest BCUT2D eigenvalue weighted by atomic mass is 32.2. The summed E-state index contributed by atoms with van der Waals surface area (Å²) in [6.07, 6.45) is 3.25. The Hall–Kier alpha value is -3.62. The molecule has 4 aromatic rings. The summed E-state index contributed by atoms with van der Waals surface area (Å²) >= 11 is 0. The molecule has 178 valence electrons. The fourth-order valence-electron chi connectivity index (χ4n) is 4.62. The normalized spacial score (nSPS) is 14.7. The van der Waals surface area contributed by atoms with Crippen LogP contribution in [0.1, 0.15) is 34.6 Å². The molecule has 0 saturated heterocycles. The lowest BCUT2D eigenvalue weighted by molar-refractivity contribution is 0.481. The SMILES string of the molecule is O=S(=O)(O)CCCc1cccc(Nc2ncc3c(n2)-c2ccccc2[C@H](c2ccccc2F)C3)c1. The smallest absolute Gasteiger partial charge is 0.264 e. The van der Waals surface area contributed by atoms with Gasteiger partial charge in [0.25, 0.3) is 10.1 Å². The topological polar surface area (TPSA) is 92.2 Å². The van der Waals surface area contributed by atoms with Gasteiger partial charge in [-0.15, -0.1) is 0 Å². The summed E-state index contributed by atoms with van der Waals surface area (Å²) in [6, 6.07) is 22.4. The van der Waals surface area contributed by atoms with Crippen molar-refractivity contribution in [2.45, 2.75) is 25.2 Å². The molecule has 1 heterocycles. The molecule has 3 aromatic carbocycles. The van der Waals surface area contributed by atoms with Gasteiger partial charge in [0.2, 0.25) is 5.95 Å². The molecule has 8 heteroatoms. The molecule has 1 atom stereocenters. The lowest BCUT2D eigenvalue weighted by Crippen LogP contribution is -2.16. The van der Waals surface area contributed by atoms with Crippen molar-refractivity contribution in [2.75, 3.05) is 11.1 Å². The van der Waals surface area contributed by atoms with Crippen LogP contribution in [0.15, 0.2) is 79.0 Å². The molecular weight excluding hydrogens is 465 g/mol. The number of nitrogens with one attached hydrogen (secondary N) is 1. The minimum atomic E-state index is -3.97. The number of benzene rings is 3. The van der Waals surface area contributed by atoms with E-state index in [0.29, 0.717) is 30.8 Å². The van der Waals surface area contributed by atoms with E-state index >= 15 is 0 Å². The molecular formula is C27H24FN3O3S. The maximum Gasteiger partial charge on any atom is 0.264 e. The van der Waals surface area contributed by atoms with Crippen LogP contribution in [0.4, 0.5) is 16.0 Å². The Morgan fingerprint density at radius 2 is 1.77 bits per heavy atom. The molecule has 1 aliphatic carbocycles. The molecule has 1 aliphatic rings. The van der Waals surface area contributed by atoms with Gasteiger partial charge in [-0.2, -0.15) is 8.42 Å². The van der Waals surface area contributed by atoms with E-state index < -0.39 is 10.1 Å². The molecule has 0 spiro atoms. The molecule has 0 amide bonds. The fourth-order valence-corrected chi connectivity index (χ4v) is 5.13. The zero-order valence-corrected chi connectivity index (χ0v) is 19.7. The highest BCUT2D eigenvalue weighted by Gasteiger charge is 2.28. The Morgan fingerprint density at radius 3 is 2.57 bits per heavy atom. The molecule has 2 N–H and O–H groups in total. The summed E-state index contributed by atoms with van der Waals surface area (Å²) in [5.41, 5.74) is 6.18. The van der Waals surface area contributed by atoms with Crippen molar-refractivity contribution >= 4 is 21.8 Å². The highest BCUT2D eigenvalue weighted by Crippen LogP contribution is 2.42. The van der Waals surface area contributed by atoms with Gasteiger partial charge in [-0.1, -0.05) is 54.6 Å². The van der Waals surface area contributed by atoms with Crippen LogP contribution in [-0.2, 0) is 23.0 Å². The average Bonchev–Trinajstić information content (AvgIpc) is 2.84. The molecule has 0 bridgehead atoms. The Bertz CT molecular complexity index is 1490. The molecule has 0 saturated carbocycles. The Morgan fingerprint density at radius 1 is 1.00 bits per heavy atom. The number of aromatic nitrogens is 2. The molecule has 6 nitrogen and oxygen atoms in total. The van der Waals surface area contributed by atoms with Gasteiger partial charge in [-0.05, 0) is 59.7 Å². The summed E-state index contributed by atoms with van der Waals surface area (Å²) in [4.78, 5) is 9.30. The molecule has 0 unspecified atom stereocenters. The van der Waals surface area contributed by atoms with Crippen molar-refractivity contribution in [2.24, 2.45) is 0 Å². The standard InChI is InChI=1S/C27H24FN3O3S/c28-25-13-4-3-11-22(25)24-16-19-17-29-27(31-26(19)23-12-2-1-10-21(23)24)30-20-9-5-7-18(15-20)8-6-14-35(32,33)34/h1-5,7,9-13,15,17,24H,6,8,14,16H2,(H,29,30,31)(H,32,33,34)/t24-/m1/s1. The van der Waals surface area contributed by atoms with E-state index in [4.69, 9.17) is 9.54 Å². The van der Waals surface area contributed by atoms with E-state index in [1.165, 1.54) is 6.07 Å². The minimum absolute atomic E-state index is 0.110. The molecule has 5 rings (SSSR count). The van der Waals surface area contributed by atoms with Crippen molar-refractivity contribution in [3.63, 3.8) is 0 Å². The van der Waals surface area contributed by atoms with Gasteiger partial charge in [0.15, 0.2) is 0 Å². The van der Waals surface area contributed by atoms with Gasteiger partial charge in [-0.25, -0.2) is 14.4 Å². The van der Waals surface area contributed by atoms with E-state index in [2.05, 4.69) is 10.3 Å². The maximum absolute atomic E-state index is 14.6. The second-order valence-electron chi connectivity index (χ2n) is 8.65. The molecule has 1 aromatic heterocycles. The van der Waals surface area contributed by atoms with Crippen LogP contribution in [0.5, 0.6) is 0 Å². The first-order chi connectivity index (χ1) is 16.9. The third kappa shape index (κ3) is 5.23. The monoisotopic (exact) mass is 489 g/mol. The van der Waals surface area contributed by atoms with Crippen molar-refractivity contribution < 1.29 is 17.4 Å². The number of rotatable bonds is 7. The predicted molar refractivity (Wildman–Crippen MR) is 134 cm³/mol. The molecule has 0 fully saturated rings. The van der Waals surface area contributed by atoms with E-state index in [1.807, 2.05) is 60.7 Å². The van der Waals surface area contributed by atoms with Gasteiger partial charge < -0.3 is 5.32 Å². The zero-order chi connectivity index (χ0) is 24.4. The number of aryl methyl sites for hydroxylation is 1. The van der Waals surface area contributed by atoms with Gasteiger partial charge in [0.1, 0.15) is 5.82 Å². The van der Waals surface area contributed by atoms with E-state index in [1.54, 1.807) is 12.3 Å². The summed E-state index contributed by atoms with van der Waals surface area (Å²) in [6.45, 7) is 0. The number of hydrogen-bond acceptors (Lipinski definition) is 5. The van der Waals surface area contributed by atoms with Gasteiger partial charge in [0, 0.05) is 23.4 Å². The molecule has 0 aliphatic heterocycles. The lowest BCUT2D eigenvalue weighted by Gasteiger charge is -2.27. The third-order valence-electron chi connectivity index (χ3n) is 6.21. The predicted octanol–water partition coefficient (Wildman–Crippen LogP) is 5.53. The van der Waals surface area contributed by atoms with Crippen LogP contribution in [-0.4, -0.2) is 28.7 Å². The average molecular weight is 490 g/mol. The van der Waals surface area contributed by atoms with E-state index in [9.17, 15) is 12.8 Å². The highest BCUT2D eigenvalue weighted by molar-refractivity contribution is 7.85. The van der Waals surface area contributed by atoms with E-state index in [0.717, 1.165) is 33.6 Å². The van der Waals surface area contributed by atoms with Crippen LogP contribution < -0.4 is 5.32 Å². The van der Waals surface area contributed by atoms with Crippen molar-refractivity contribution in [3.8, 4) is 11.3 Å². The second-order valence-corrected chi connectivity index (χ2v) is 10.2. The summed E-state index contributed by atoms with van der Waals surface area (Å²) in [5, 5.41) is 3.23. The van der Waals surface area contributed by atoms with E-state index in [-0.39, 0.29) is 17.5 Å². The second kappa shape index (κ2) is 9.56. The number of anilines is 2. The van der Waals surface area contributed by atoms with Gasteiger partial charge in [0.05, 0.1) is 11.4 Å². The first kappa shape index (κ1) is 23.1. The Labute approximate surface area is 203 Å². The molecule has 35 heavy (non-hydrogen) atoms.